The van der Waals surface area contributed by atoms with Crippen LogP contribution in [0.5, 0.6) is 0 Å². The summed E-state index contributed by atoms with van der Waals surface area (Å²) in [5, 5.41) is 1.53. The van der Waals surface area contributed by atoms with Crippen LogP contribution < -0.4 is 21.9 Å². The fraction of sp³-hybridized carbons (Fsp3) is 0.465. The highest BCUT2D eigenvalue weighted by atomic mass is 32.2. The number of aromatic nitrogens is 1. The third kappa shape index (κ3) is 9.10. The number of aryl methyl sites for hydroxylation is 1. The van der Waals surface area contributed by atoms with Gasteiger partial charge in [-0.25, -0.2) is 23.6 Å². The van der Waals surface area contributed by atoms with Gasteiger partial charge < -0.3 is 43.0 Å². The maximum absolute atomic E-state index is 15.8. The number of hydrogen-bond donors (Lipinski definition) is 1. The van der Waals surface area contributed by atoms with Crippen molar-refractivity contribution in [3.05, 3.63) is 89.5 Å². The van der Waals surface area contributed by atoms with Gasteiger partial charge in [0.25, 0.3) is 5.91 Å². The number of hydrogen-bond acceptors (Lipinski definition) is 18. The average molecular weight is 956 g/mol. The predicted octanol–water partition coefficient (Wildman–Crippen LogP) is 4.73. The van der Waals surface area contributed by atoms with Gasteiger partial charge in [-0.2, -0.15) is 0 Å². The number of primary amides is 1. The maximum Gasteiger partial charge on any atom is 0.519 e. The number of nitrogens with zero attached hydrogens (tertiary/aromatic N) is 4. The van der Waals surface area contributed by atoms with Crippen LogP contribution in [0.3, 0.4) is 0 Å². The summed E-state index contributed by atoms with van der Waals surface area (Å²) < 4.78 is 49.5. The zero-order valence-corrected chi connectivity index (χ0v) is 38.2. The number of Topliss-reactive ketones (excluding diaryl/α,β-unsaturated/α-hetero) is 1. The third-order valence-corrected chi connectivity index (χ3v) is 15.3. The highest BCUT2D eigenvalue weighted by Crippen LogP contribution is 2.50. The molecule has 0 bridgehead atoms. The number of ether oxygens (including phenoxy) is 4. The van der Waals surface area contributed by atoms with Crippen molar-refractivity contribution >= 4 is 81.2 Å². The molecule has 3 aromatic heterocycles. The van der Waals surface area contributed by atoms with E-state index in [2.05, 4.69) is 4.90 Å². The van der Waals surface area contributed by atoms with Crippen molar-refractivity contribution in [2.24, 2.45) is 5.73 Å². The molecule has 65 heavy (non-hydrogen) atoms. The first-order valence-electron chi connectivity index (χ1n) is 20.9. The molecule has 2 fully saturated rings. The third-order valence-electron chi connectivity index (χ3n) is 11.8. The first-order chi connectivity index (χ1) is 31.2. The van der Waals surface area contributed by atoms with E-state index in [1.165, 1.54) is 52.9 Å². The number of rotatable bonds is 18. The van der Waals surface area contributed by atoms with Crippen LogP contribution in [0, 0.1) is 12.7 Å². The quantitative estimate of drug-likeness (QED) is 0.0616. The van der Waals surface area contributed by atoms with Crippen molar-refractivity contribution in [3.63, 3.8) is 0 Å². The summed E-state index contributed by atoms with van der Waals surface area (Å²) in [6.45, 7) is 5.63. The van der Waals surface area contributed by atoms with E-state index in [1.54, 1.807) is 13.0 Å². The van der Waals surface area contributed by atoms with E-state index in [4.69, 9.17) is 33.5 Å². The lowest BCUT2D eigenvalue weighted by molar-refractivity contribution is -0.186. The number of carbonyl (C=O) groups excluding carboxylic acids is 5. The zero-order chi connectivity index (χ0) is 46.2. The molecule has 0 spiro atoms. The van der Waals surface area contributed by atoms with E-state index in [0.717, 1.165) is 4.88 Å². The van der Waals surface area contributed by atoms with Crippen LogP contribution in [0.25, 0.3) is 10.9 Å². The summed E-state index contributed by atoms with van der Waals surface area (Å²) in [6, 6.07) is 6.51. The van der Waals surface area contributed by atoms with Gasteiger partial charge in [-0.1, -0.05) is 17.8 Å². The van der Waals surface area contributed by atoms with Crippen LogP contribution in [-0.2, 0) is 46.3 Å². The minimum absolute atomic E-state index is 0.0409. The Bertz CT molecular complexity index is 2690. The smallest absolute Gasteiger partial charge is 0.462 e. The summed E-state index contributed by atoms with van der Waals surface area (Å²) in [6.07, 6.45) is 0.0667. The number of carbonyl (C=O) groups is 5. The number of esters is 2. The highest BCUT2D eigenvalue weighted by Gasteiger charge is 2.66. The first-order valence-corrected chi connectivity index (χ1v) is 23.7. The number of ketones is 1. The fourth-order valence-electron chi connectivity index (χ4n) is 8.48. The van der Waals surface area contributed by atoms with Crippen molar-refractivity contribution in [1.29, 1.82) is 0 Å². The Balaban J connectivity index is 0.849. The Kier molecular flexibility index (Phi) is 13.6. The second-order valence-electron chi connectivity index (χ2n) is 15.9. The van der Waals surface area contributed by atoms with Crippen LogP contribution in [0.1, 0.15) is 64.7 Å². The maximum atomic E-state index is 15.8. The second-order valence-corrected chi connectivity index (χ2v) is 19.3. The number of unbranched alkanes of at least 4 members (excludes halogenated alkanes) is 2. The van der Waals surface area contributed by atoms with Gasteiger partial charge in [-0.15, -0.1) is 23.1 Å². The topological polar surface area (TPSA) is 223 Å². The lowest BCUT2D eigenvalue weighted by Crippen LogP contribution is -2.75. The summed E-state index contributed by atoms with van der Waals surface area (Å²) in [4.78, 5) is 96.5. The molecule has 346 valence electrons. The Labute approximate surface area is 383 Å². The van der Waals surface area contributed by atoms with E-state index in [1.807, 2.05) is 33.9 Å². The number of fused-ring (bicyclic) bond motifs is 4. The van der Waals surface area contributed by atoms with E-state index in [-0.39, 0.29) is 66.2 Å². The Hall–Kier alpha value is -5.42. The first kappa shape index (κ1) is 46.1. The molecule has 2 saturated heterocycles. The predicted molar refractivity (Wildman–Crippen MR) is 236 cm³/mol. The Morgan fingerprint density at radius 2 is 1.72 bits per heavy atom. The van der Waals surface area contributed by atoms with Crippen LogP contribution in [0.2, 0.25) is 0 Å². The van der Waals surface area contributed by atoms with Gasteiger partial charge in [-0.05, 0) is 56.7 Å². The number of nitrogens with two attached hydrogens (primary N) is 1. The van der Waals surface area contributed by atoms with Gasteiger partial charge in [0.15, 0.2) is 11.4 Å². The largest absolute Gasteiger partial charge is 0.519 e. The van der Waals surface area contributed by atoms with E-state index in [0.29, 0.717) is 85.3 Å². The molecule has 2 N–H and O–H groups in total. The molecule has 18 nitrogen and oxygen atoms in total. The van der Waals surface area contributed by atoms with Crippen molar-refractivity contribution in [2.75, 3.05) is 63.8 Å². The second kappa shape index (κ2) is 19.2. The number of methoxy groups -OCH3 is 1. The molecule has 1 unspecified atom stereocenters. The van der Waals surface area contributed by atoms with E-state index < -0.39 is 52.0 Å². The van der Waals surface area contributed by atoms with Gasteiger partial charge in [0.1, 0.15) is 40.6 Å². The number of β-lactam (4-membered cyclic amide) rings is 1. The van der Waals surface area contributed by atoms with Gasteiger partial charge in [0.05, 0.1) is 41.4 Å². The number of thioether (sulfide) groups is 2. The highest BCUT2D eigenvalue weighted by molar-refractivity contribution is 8.00. The van der Waals surface area contributed by atoms with E-state index in [9.17, 15) is 33.6 Å². The molecule has 0 aliphatic carbocycles. The molecular weight excluding hydrogens is 910 g/mol. The standard InChI is InChI=1S/C43H46FN5O13S3/c1-23-32(62-42(56)61-23)20-46-9-11-47(12-10-46)31-18-30-28(17-29(31)44)35(51)33(36-48(30)24(2)65-36)37(52)58-13-5-4-6-14-59-38(53)34-25(21-60-41(45)55)22-64-40-43(57-3,39(54)49(34)40)19-26(50)16-27-8-7-15-63-27/h7-8,15,17-18,24,40H,4-6,9-14,16,19-22H2,1-3H3,(H2,45,55)/t24?,40-,43+/m1/s1. The molecule has 7 heterocycles. The molecule has 0 radical (unpaired) electrons. The molecule has 4 aliphatic heterocycles. The summed E-state index contributed by atoms with van der Waals surface area (Å²) >= 11 is 4.05. The number of anilines is 1. The number of amides is 2. The minimum atomic E-state index is -1.49. The van der Waals surface area contributed by atoms with Gasteiger partial charge in [0, 0.05) is 67.7 Å². The summed E-state index contributed by atoms with van der Waals surface area (Å²) in [7, 11) is 1.35. The Morgan fingerprint density at radius 3 is 2.37 bits per heavy atom. The van der Waals surface area contributed by atoms with Crippen molar-refractivity contribution < 1.29 is 56.1 Å². The number of thiophene rings is 1. The fourth-order valence-corrected chi connectivity index (χ4v) is 11.8. The van der Waals surface area contributed by atoms with Gasteiger partial charge in [-0.3, -0.25) is 24.2 Å². The monoisotopic (exact) mass is 955 g/mol. The van der Waals surface area contributed by atoms with Gasteiger partial charge >= 0.3 is 23.9 Å². The van der Waals surface area contributed by atoms with Gasteiger partial charge in [0.2, 0.25) is 5.43 Å². The Morgan fingerprint density at radius 1 is 0.985 bits per heavy atom. The lowest BCUT2D eigenvalue weighted by atomic mass is 9.84. The minimum Gasteiger partial charge on any atom is -0.462 e. The molecule has 0 saturated carbocycles. The molecule has 8 rings (SSSR count). The van der Waals surface area contributed by atoms with Crippen molar-refractivity contribution in [3.8, 4) is 0 Å². The van der Waals surface area contributed by atoms with Crippen molar-refractivity contribution in [1.82, 2.24) is 14.4 Å². The molecule has 2 amide bonds. The molecule has 4 aliphatic rings. The molecular formula is C43H46FN5O13S3. The number of piperazine rings is 1. The zero-order valence-electron chi connectivity index (χ0n) is 35.7. The summed E-state index contributed by atoms with van der Waals surface area (Å²) in [5.41, 5.74) is 3.99. The van der Waals surface area contributed by atoms with Crippen LogP contribution >= 0.6 is 34.9 Å². The number of pyridine rings is 1. The van der Waals surface area contributed by atoms with Crippen LogP contribution in [-0.4, -0.2) is 114 Å². The number of benzene rings is 1. The van der Waals surface area contributed by atoms with E-state index >= 15 is 4.39 Å². The lowest BCUT2D eigenvalue weighted by Gasteiger charge is -2.56. The normalized spacial score (nSPS) is 20.5. The molecule has 1 aromatic carbocycles. The number of halogens is 1. The average Bonchev–Trinajstić information content (AvgIpc) is 3.91. The molecule has 3 atom stereocenters. The summed E-state index contributed by atoms with van der Waals surface area (Å²) in [5.74, 6) is -2.72. The van der Waals surface area contributed by atoms with Crippen LogP contribution in [0.4, 0.5) is 14.9 Å². The SMILES string of the molecule is CO[C@@]1(CC(=O)Cc2cccs2)C(=O)N2C(C(=O)OCCCCCOC(=O)c3c4n(c5cc(N6CCN(Cc7oc(=O)oc7C)CC6)c(F)cc5c3=O)C(C)S4)=C(COC(N)=O)CS[C@@H]21. The molecule has 22 heteroatoms. The van der Waals surface area contributed by atoms with Crippen molar-refractivity contribution in [2.45, 2.75) is 73.9 Å². The van der Waals surface area contributed by atoms with Crippen LogP contribution in [0.15, 0.2) is 64.4 Å². The molecule has 4 aromatic rings.